The summed E-state index contributed by atoms with van der Waals surface area (Å²) in [6.07, 6.45) is 6.46. The molecule has 3 aromatic rings. The number of carbonyl (C=O) groups excluding carboxylic acids is 1. The van der Waals surface area contributed by atoms with Crippen LogP contribution in [0.15, 0.2) is 67.3 Å². The topological polar surface area (TPSA) is 74.2 Å². The van der Waals surface area contributed by atoms with Crippen LogP contribution in [0.2, 0.25) is 0 Å². The molecular formula is C20H20N6O. The zero-order chi connectivity index (χ0) is 18.5. The average Bonchev–Trinajstić information content (AvgIpc) is 2.76. The molecule has 1 aliphatic heterocycles. The lowest BCUT2D eigenvalue weighted by molar-refractivity contribution is 0.102. The number of amides is 1. The van der Waals surface area contributed by atoms with Gasteiger partial charge in [0.05, 0.1) is 18.1 Å². The van der Waals surface area contributed by atoms with Gasteiger partial charge in [0.25, 0.3) is 5.91 Å². The molecule has 0 unspecified atom stereocenters. The Hall–Kier alpha value is -3.48. The third-order valence-electron chi connectivity index (χ3n) is 4.52. The number of rotatable bonds is 4. The third-order valence-corrected chi connectivity index (χ3v) is 4.52. The fourth-order valence-electron chi connectivity index (χ4n) is 3.06. The van der Waals surface area contributed by atoms with E-state index in [0.29, 0.717) is 17.2 Å². The molecule has 1 N–H and O–H groups in total. The third kappa shape index (κ3) is 4.03. The molecule has 0 saturated carbocycles. The lowest BCUT2D eigenvalue weighted by Gasteiger charge is -2.36. The molecule has 0 spiro atoms. The highest BCUT2D eigenvalue weighted by Gasteiger charge is 2.19. The summed E-state index contributed by atoms with van der Waals surface area (Å²) in [5, 5.41) is 2.80. The largest absolute Gasteiger partial charge is 0.368 e. The predicted octanol–water partition coefficient (Wildman–Crippen LogP) is 2.45. The summed E-state index contributed by atoms with van der Waals surface area (Å²) in [4.78, 5) is 29.4. The van der Waals surface area contributed by atoms with Crippen LogP contribution in [-0.2, 0) is 0 Å². The van der Waals surface area contributed by atoms with Crippen molar-refractivity contribution >= 4 is 23.2 Å². The molecule has 7 nitrogen and oxygen atoms in total. The van der Waals surface area contributed by atoms with E-state index in [1.165, 1.54) is 5.69 Å². The number of anilines is 3. The maximum absolute atomic E-state index is 12.2. The highest BCUT2D eigenvalue weighted by molar-refractivity contribution is 6.03. The molecule has 1 fully saturated rings. The van der Waals surface area contributed by atoms with Gasteiger partial charge in [0.1, 0.15) is 0 Å². The van der Waals surface area contributed by atoms with Crippen molar-refractivity contribution in [1.29, 1.82) is 0 Å². The van der Waals surface area contributed by atoms with Gasteiger partial charge in [-0.3, -0.25) is 9.78 Å². The number of hydrogen-bond acceptors (Lipinski definition) is 6. The van der Waals surface area contributed by atoms with Crippen molar-refractivity contribution in [2.24, 2.45) is 0 Å². The molecule has 1 aliphatic rings. The molecule has 0 radical (unpaired) electrons. The first kappa shape index (κ1) is 17.0. The normalized spacial score (nSPS) is 14.1. The van der Waals surface area contributed by atoms with Crippen LogP contribution in [0, 0.1) is 0 Å². The Labute approximate surface area is 157 Å². The van der Waals surface area contributed by atoms with Gasteiger partial charge in [0.2, 0.25) is 5.95 Å². The van der Waals surface area contributed by atoms with Crippen LogP contribution in [-0.4, -0.2) is 47.0 Å². The molecule has 2 aromatic heterocycles. The summed E-state index contributed by atoms with van der Waals surface area (Å²) in [7, 11) is 0. The minimum absolute atomic E-state index is 0.203. The van der Waals surface area contributed by atoms with Crippen molar-refractivity contribution in [1.82, 2.24) is 15.0 Å². The van der Waals surface area contributed by atoms with Crippen molar-refractivity contribution in [3.63, 3.8) is 0 Å². The van der Waals surface area contributed by atoms with E-state index in [9.17, 15) is 4.79 Å². The van der Waals surface area contributed by atoms with Crippen molar-refractivity contribution < 1.29 is 4.79 Å². The molecule has 0 bridgehead atoms. The zero-order valence-electron chi connectivity index (χ0n) is 14.8. The van der Waals surface area contributed by atoms with Gasteiger partial charge in [-0.25, -0.2) is 9.97 Å². The summed E-state index contributed by atoms with van der Waals surface area (Å²) in [5.74, 6) is 0.481. The Kier molecular flexibility index (Phi) is 4.91. The van der Waals surface area contributed by atoms with E-state index in [4.69, 9.17) is 0 Å². The van der Waals surface area contributed by atoms with Crippen molar-refractivity contribution in [2.75, 3.05) is 41.3 Å². The monoisotopic (exact) mass is 360 g/mol. The van der Waals surface area contributed by atoms with Gasteiger partial charge in [-0.05, 0) is 24.3 Å². The zero-order valence-corrected chi connectivity index (χ0v) is 14.8. The molecule has 1 amide bonds. The smallest absolute Gasteiger partial charge is 0.255 e. The summed E-state index contributed by atoms with van der Waals surface area (Å²) in [5.41, 5.74) is 2.36. The summed E-state index contributed by atoms with van der Waals surface area (Å²) >= 11 is 0. The molecular weight excluding hydrogens is 340 g/mol. The van der Waals surface area contributed by atoms with Crippen LogP contribution < -0.4 is 15.1 Å². The number of pyridine rings is 1. The van der Waals surface area contributed by atoms with Crippen molar-refractivity contribution in [3.05, 3.63) is 72.8 Å². The molecule has 3 heterocycles. The highest BCUT2D eigenvalue weighted by atomic mass is 16.1. The molecule has 136 valence electrons. The molecule has 7 heteroatoms. The Morgan fingerprint density at radius 2 is 1.48 bits per heavy atom. The molecule has 1 aromatic carbocycles. The number of hydrogen-bond donors (Lipinski definition) is 1. The molecule has 0 aliphatic carbocycles. The Morgan fingerprint density at radius 1 is 0.852 bits per heavy atom. The Bertz CT molecular complexity index is 877. The number of para-hydroxylation sites is 1. The second kappa shape index (κ2) is 7.82. The number of piperazine rings is 1. The number of carbonyl (C=O) groups is 1. The van der Waals surface area contributed by atoms with Crippen LogP contribution in [0.1, 0.15) is 10.4 Å². The van der Waals surface area contributed by atoms with Crippen LogP contribution >= 0.6 is 0 Å². The van der Waals surface area contributed by atoms with E-state index in [0.717, 1.165) is 26.2 Å². The fraction of sp³-hybridized carbons (Fsp3) is 0.200. The fourth-order valence-corrected chi connectivity index (χ4v) is 3.06. The van der Waals surface area contributed by atoms with E-state index >= 15 is 0 Å². The minimum Gasteiger partial charge on any atom is -0.368 e. The summed E-state index contributed by atoms with van der Waals surface area (Å²) in [6.45, 7) is 3.57. The Balaban J connectivity index is 1.35. The molecule has 1 saturated heterocycles. The van der Waals surface area contributed by atoms with Crippen LogP contribution in [0.4, 0.5) is 17.3 Å². The van der Waals surface area contributed by atoms with E-state index in [2.05, 4.69) is 54.3 Å². The van der Waals surface area contributed by atoms with Gasteiger partial charge in [-0.1, -0.05) is 18.2 Å². The van der Waals surface area contributed by atoms with Crippen LogP contribution in [0.5, 0.6) is 0 Å². The lowest BCUT2D eigenvalue weighted by atomic mass is 10.2. The van der Waals surface area contributed by atoms with Gasteiger partial charge in [-0.2, -0.15) is 0 Å². The lowest BCUT2D eigenvalue weighted by Crippen LogP contribution is -2.47. The summed E-state index contributed by atoms with van der Waals surface area (Å²) in [6, 6.07) is 13.7. The van der Waals surface area contributed by atoms with Gasteiger partial charge in [0.15, 0.2) is 0 Å². The number of benzene rings is 1. The van der Waals surface area contributed by atoms with Gasteiger partial charge >= 0.3 is 0 Å². The van der Waals surface area contributed by atoms with E-state index in [1.807, 2.05) is 6.07 Å². The van der Waals surface area contributed by atoms with Crippen molar-refractivity contribution in [2.45, 2.75) is 0 Å². The molecule has 4 rings (SSSR count). The number of aromatic nitrogens is 3. The van der Waals surface area contributed by atoms with Crippen LogP contribution in [0.3, 0.4) is 0 Å². The maximum atomic E-state index is 12.2. The SMILES string of the molecule is O=C(Nc1cnc(N2CCN(c3ccccc3)CC2)nc1)c1ccncc1. The second-order valence-electron chi connectivity index (χ2n) is 6.27. The van der Waals surface area contributed by atoms with E-state index in [-0.39, 0.29) is 5.91 Å². The van der Waals surface area contributed by atoms with Gasteiger partial charge in [-0.15, -0.1) is 0 Å². The number of nitrogens with zero attached hydrogens (tertiary/aromatic N) is 5. The van der Waals surface area contributed by atoms with Crippen molar-refractivity contribution in [3.8, 4) is 0 Å². The highest BCUT2D eigenvalue weighted by Crippen LogP contribution is 2.18. The first-order valence-electron chi connectivity index (χ1n) is 8.88. The van der Waals surface area contributed by atoms with Gasteiger partial charge < -0.3 is 15.1 Å². The summed E-state index contributed by atoms with van der Waals surface area (Å²) < 4.78 is 0. The predicted molar refractivity (Wildman–Crippen MR) is 105 cm³/mol. The quantitative estimate of drug-likeness (QED) is 0.770. The number of nitrogens with one attached hydrogen (secondary N) is 1. The Morgan fingerprint density at radius 3 is 2.15 bits per heavy atom. The first-order valence-corrected chi connectivity index (χ1v) is 8.88. The van der Waals surface area contributed by atoms with E-state index < -0.39 is 0 Å². The first-order chi connectivity index (χ1) is 13.3. The second-order valence-corrected chi connectivity index (χ2v) is 6.27. The molecule has 27 heavy (non-hydrogen) atoms. The standard InChI is InChI=1S/C20H20N6O/c27-19(16-6-8-21-9-7-16)24-17-14-22-20(23-15-17)26-12-10-25(11-13-26)18-4-2-1-3-5-18/h1-9,14-15H,10-13H2,(H,24,27). The molecule has 0 atom stereocenters. The van der Waals surface area contributed by atoms with Gasteiger partial charge in [0, 0.05) is 49.8 Å². The average molecular weight is 360 g/mol. The van der Waals surface area contributed by atoms with Crippen LogP contribution in [0.25, 0.3) is 0 Å². The van der Waals surface area contributed by atoms with E-state index in [1.54, 1.807) is 36.9 Å². The minimum atomic E-state index is -0.203. The maximum Gasteiger partial charge on any atom is 0.255 e.